The van der Waals surface area contributed by atoms with E-state index in [1.807, 2.05) is 60.7 Å². The van der Waals surface area contributed by atoms with Crippen LogP contribution in [0.3, 0.4) is 0 Å². The smallest absolute Gasteiger partial charge is 0.213 e. The summed E-state index contributed by atoms with van der Waals surface area (Å²) in [6.07, 6.45) is 0. The lowest BCUT2D eigenvalue weighted by Crippen LogP contribution is -2.13. The van der Waals surface area contributed by atoms with Gasteiger partial charge < -0.3 is 18.6 Å². The first-order chi connectivity index (χ1) is 34.2. The minimum Gasteiger partial charge on any atom is -0.455 e. The van der Waals surface area contributed by atoms with E-state index in [9.17, 15) is 16.8 Å². The SMILES string of the molecule is O=S1(=O)c2ccccc2Oc2cc3c(cc21)-c1cc(-n2c4ccccc4c4ccccc42)ccc1-c1cc2c(cc1-c1cc(-n4c5ccccc5c5ccccc54)ccc1-3)S(=O)(=O)c1ccccc1O2. The standard InChI is InChI=1S/C60H34N2O6S2/c63-69(64)57-23-11-9-21-53(57)68-56-32-46-38-28-26-36(62-51-19-7-3-15-41(51)42-16-4-8-20-52(42)62)30-44(38)48-34-60-55(67-54-22-10-12-24-58(54)70(60,65)66)31-45(48)37-27-25-35(29-43(37)47(46)33-59(56)69)61-49-17-5-1-13-39(49)40-14-2-6-18-50(40)61/h1-34H. The summed E-state index contributed by atoms with van der Waals surface area (Å²) in [5.41, 5.74) is 11.5. The summed E-state index contributed by atoms with van der Waals surface area (Å²) in [5, 5.41) is 4.41. The summed E-state index contributed by atoms with van der Waals surface area (Å²) in [4.78, 5) is 0.302. The van der Waals surface area contributed by atoms with E-state index in [0.29, 0.717) is 22.3 Å². The number of rotatable bonds is 2. The molecule has 70 heavy (non-hydrogen) atoms. The average Bonchev–Trinajstić information content (AvgIpc) is 3.91. The van der Waals surface area contributed by atoms with Gasteiger partial charge in [-0.2, -0.15) is 0 Å². The fourth-order valence-electron chi connectivity index (χ4n) is 11.2. The van der Waals surface area contributed by atoms with Gasteiger partial charge in [0, 0.05) is 32.9 Å². The van der Waals surface area contributed by atoms with Crippen LogP contribution in [0.1, 0.15) is 0 Å². The van der Waals surface area contributed by atoms with Crippen molar-refractivity contribution in [1.29, 1.82) is 0 Å². The summed E-state index contributed by atoms with van der Waals surface area (Å²) < 4.78 is 76.7. The summed E-state index contributed by atoms with van der Waals surface area (Å²) in [6, 6.07) is 66.4. The Bertz CT molecular complexity index is 4190. The fourth-order valence-corrected chi connectivity index (χ4v) is 14.3. The van der Waals surface area contributed by atoms with Crippen LogP contribution in [0.15, 0.2) is 226 Å². The first kappa shape index (κ1) is 39.3. The van der Waals surface area contributed by atoms with Crippen LogP contribution in [0.2, 0.25) is 0 Å². The lowest BCUT2D eigenvalue weighted by molar-refractivity contribution is 0.442. The van der Waals surface area contributed by atoms with Gasteiger partial charge in [-0.15, -0.1) is 0 Å². The van der Waals surface area contributed by atoms with Crippen LogP contribution in [0.25, 0.3) is 99.5 Å². The molecule has 0 atom stereocenters. The van der Waals surface area contributed by atoms with Gasteiger partial charge in [0.1, 0.15) is 42.6 Å². The van der Waals surface area contributed by atoms with Gasteiger partial charge in [0.25, 0.3) is 0 Å². The van der Waals surface area contributed by atoms with Crippen molar-refractivity contribution >= 4 is 63.3 Å². The third-order valence-corrected chi connectivity index (χ3v) is 17.9. The normalized spacial score (nSPS) is 14.4. The molecular formula is C60H34N2O6S2. The van der Waals surface area contributed by atoms with Crippen molar-refractivity contribution in [3.05, 3.63) is 206 Å². The van der Waals surface area contributed by atoms with Crippen molar-refractivity contribution in [1.82, 2.24) is 9.13 Å². The third-order valence-electron chi connectivity index (χ3n) is 14.3. The van der Waals surface area contributed by atoms with Crippen molar-refractivity contribution in [2.24, 2.45) is 0 Å². The molecule has 0 radical (unpaired) electrons. The molecular weight excluding hydrogens is 909 g/mol. The van der Waals surface area contributed by atoms with Gasteiger partial charge in [-0.25, -0.2) is 16.8 Å². The van der Waals surface area contributed by atoms with Crippen molar-refractivity contribution in [2.75, 3.05) is 0 Å². The summed E-state index contributed by atoms with van der Waals surface area (Å²) in [7, 11) is -8.12. The Morgan fingerprint density at radius 1 is 0.271 bits per heavy atom. The van der Waals surface area contributed by atoms with Gasteiger partial charge in [-0.3, -0.25) is 0 Å². The molecule has 0 spiro atoms. The van der Waals surface area contributed by atoms with Gasteiger partial charge in [0.15, 0.2) is 0 Å². The maximum absolute atomic E-state index is 14.8. The zero-order chi connectivity index (χ0) is 46.6. The number of sulfone groups is 2. The predicted molar refractivity (Wildman–Crippen MR) is 274 cm³/mol. The molecule has 0 fully saturated rings. The topological polar surface area (TPSA) is 96.6 Å². The Morgan fingerprint density at radius 2 is 0.586 bits per heavy atom. The number of nitrogens with zero attached hydrogens (tertiary/aromatic N) is 2. The molecule has 0 saturated carbocycles. The highest BCUT2D eigenvalue weighted by molar-refractivity contribution is 7.92. The predicted octanol–water partition coefficient (Wildman–Crippen LogP) is 14.7. The number of para-hydroxylation sites is 6. The quantitative estimate of drug-likeness (QED) is 0.171. The molecule has 15 rings (SSSR count). The van der Waals surface area contributed by atoms with Crippen LogP contribution in [0, 0.1) is 0 Å². The fraction of sp³-hybridized carbons (Fsp3) is 0. The molecule has 2 aliphatic heterocycles. The Hall–Kier alpha value is -8.70. The van der Waals surface area contributed by atoms with E-state index in [1.165, 1.54) is 0 Å². The largest absolute Gasteiger partial charge is 0.455 e. The van der Waals surface area contributed by atoms with E-state index in [2.05, 4.69) is 94.1 Å². The van der Waals surface area contributed by atoms with Gasteiger partial charge in [-0.1, -0.05) is 109 Å². The second kappa shape index (κ2) is 13.9. The highest BCUT2D eigenvalue weighted by Gasteiger charge is 2.37. The lowest BCUT2D eigenvalue weighted by atomic mass is 9.80. The van der Waals surface area contributed by atoms with Crippen molar-refractivity contribution in [3.8, 4) is 78.9 Å². The molecule has 2 aromatic heterocycles. The van der Waals surface area contributed by atoms with Gasteiger partial charge in [0.2, 0.25) is 19.7 Å². The first-order valence-corrected chi connectivity index (χ1v) is 25.9. The monoisotopic (exact) mass is 942 g/mol. The molecule has 0 bridgehead atoms. The molecule has 10 heteroatoms. The number of benzene rings is 10. The van der Waals surface area contributed by atoms with E-state index in [1.54, 1.807) is 60.7 Å². The molecule has 4 heterocycles. The number of hydrogen-bond acceptors (Lipinski definition) is 6. The van der Waals surface area contributed by atoms with E-state index in [-0.39, 0.29) is 42.6 Å². The molecule has 0 saturated heterocycles. The molecule has 3 aliphatic rings. The highest BCUT2D eigenvalue weighted by Crippen LogP contribution is 2.56. The summed E-state index contributed by atoms with van der Waals surface area (Å²) >= 11 is 0. The van der Waals surface area contributed by atoms with Crippen LogP contribution in [-0.2, 0) is 19.7 Å². The highest BCUT2D eigenvalue weighted by atomic mass is 32.2. The summed E-state index contributed by atoms with van der Waals surface area (Å²) in [6.45, 7) is 0. The van der Waals surface area contributed by atoms with Crippen LogP contribution in [0.5, 0.6) is 23.0 Å². The number of hydrogen-bond donors (Lipinski definition) is 0. The molecule has 1 aliphatic carbocycles. The molecule has 332 valence electrons. The third kappa shape index (κ3) is 5.28. The average molecular weight is 943 g/mol. The maximum atomic E-state index is 14.8. The van der Waals surface area contributed by atoms with E-state index >= 15 is 0 Å². The first-order valence-electron chi connectivity index (χ1n) is 22.9. The second-order valence-corrected chi connectivity index (χ2v) is 21.8. The van der Waals surface area contributed by atoms with E-state index in [0.717, 1.165) is 77.2 Å². The van der Waals surface area contributed by atoms with Crippen LogP contribution >= 0.6 is 0 Å². The Morgan fingerprint density at radius 3 is 0.971 bits per heavy atom. The maximum Gasteiger partial charge on any atom is 0.213 e. The van der Waals surface area contributed by atoms with Crippen molar-refractivity contribution in [2.45, 2.75) is 19.6 Å². The lowest BCUT2D eigenvalue weighted by Gasteiger charge is -2.29. The Labute approximate surface area is 401 Å². The molecule has 10 aromatic carbocycles. The molecule has 8 nitrogen and oxygen atoms in total. The van der Waals surface area contributed by atoms with Crippen LogP contribution in [0.4, 0.5) is 0 Å². The zero-order valence-electron chi connectivity index (χ0n) is 36.8. The van der Waals surface area contributed by atoms with Gasteiger partial charge >= 0.3 is 0 Å². The van der Waals surface area contributed by atoms with Crippen molar-refractivity contribution < 1.29 is 26.3 Å². The number of aromatic nitrogens is 2. The van der Waals surface area contributed by atoms with E-state index < -0.39 is 19.7 Å². The minimum atomic E-state index is -4.06. The van der Waals surface area contributed by atoms with Gasteiger partial charge in [0.05, 0.1) is 22.1 Å². The second-order valence-electron chi connectivity index (χ2n) is 18.0. The molecule has 0 N–H and O–H groups in total. The Kier molecular flexibility index (Phi) is 7.83. The van der Waals surface area contributed by atoms with E-state index in [4.69, 9.17) is 9.47 Å². The molecule has 0 amide bonds. The summed E-state index contributed by atoms with van der Waals surface area (Å²) in [5.74, 6) is 0.904. The van der Waals surface area contributed by atoms with Gasteiger partial charge in [-0.05, 0) is 142 Å². The van der Waals surface area contributed by atoms with Crippen LogP contribution in [-0.4, -0.2) is 26.0 Å². The number of ether oxygens (including phenoxy) is 2. The Balaban J connectivity index is 1.09. The van der Waals surface area contributed by atoms with Crippen LogP contribution < -0.4 is 9.47 Å². The number of fused-ring (bicyclic) bond motifs is 18. The minimum absolute atomic E-state index is 0.0545. The molecule has 0 unspecified atom stereocenters. The molecule has 12 aromatic rings. The van der Waals surface area contributed by atoms with Crippen molar-refractivity contribution in [3.63, 3.8) is 0 Å². The zero-order valence-corrected chi connectivity index (χ0v) is 38.4.